The van der Waals surface area contributed by atoms with E-state index in [1.807, 2.05) is 30.3 Å². The predicted octanol–water partition coefficient (Wildman–Crippen LogP) is 5.54. The van der Waals surface area contributed by atoms with Gasteiger partial charge in [-0.15, -0.1) is 0 Å². The Hall–Kier alpha value is -3.54. The Bertz CT molecular complexity index is 1160. The molecule has 0 spiro atoms. The lowest BCUT2D eigenvalue weighted by atomic mass is 10.0. The molecule has 0 radical (unpaired) electrons. The minimum atomic E-state index is -0.245. The van der Waals surface area contributed by atoms with Gasteiger partial charge >= 0.3 is 0 Å². The molecule has 1 N–H and O–H groups in total. The lowest BCUT2D eigenvalue weighted by molar-refractivity contribution is 0.0921. The number of carbonyl (C=O) groups excluding carboxylic acids is 1. The van der Waals surface area contributed by atoms with E-state index >= 15 is 0 Å². The molecule has 0 unspecified atom stereocenters. The summed E-state index contributed by atoms with van der Waals surface area (Å²) in [4.78, 5) is 17.0. The number of furan rings is 1. The van der Waals surface area contributed by atoms with Gasteiger partial charge in [0, 0.05) is 6.54 Å². The van der Waals surface area contributed by atoms with Crippen LogP contribution in [0.3, 0.4) is 0 Å². The largest absolute Gasteiger partial charge is 0.493 e. The minimum Gasteiger partial charge on any atom is -0.493 e. The summed E-state index contributed by atoms with van der Waals surface area (Å²) >= 11 is 0. The summed E-state index contributed by atoms with van der Waals surface area (Å²) in [5, 5.41) is 2.90. The molecule has 6 nitrogen and oxygen atoms in total. The molecule has 32 heavy (non-hydrogen) atoms. The van der Waals surface area contributed by atoms with Gasteiger partial charge in [0.05, 0.1) is 30.4 Å². The van der Waals surface area contributed by atoms with E-state index < -0.39 is 0 Å². The molecule has 2 heterocycles. The molecular weight excluding hydrogens is 402 g/mol. The topological polar surface area (TPSA) is 69.3 Å². The van der Waals surface area contributed by atoms with Crippen LogP contribution < -0.4 is 10.1 Å². The maximum Gasteiger partial charge on any atom is 0.287 e. The highest BCUT2D eigenvalue weighted by Gasteiger charge is 2.13. The molecule has 4 rings (SSSR count). The third kappa shape index (κ3) is 5.02. The zero-order valence-electron chi connectivity index (χ0n) is 18.6. The number of unbranched alkanes of at least 4 members (excludes halogenated alkanes) is 1. The number of rotatable bonds is 10. The smallest absolute Gasteiger partial charge is 0.287 e. The van der Waals surface area contributed by atoms with Crippen LogP contribution >= 0.6 is 0 Å². The van der Waals surface area contributed by atoms with Crippen molar-refractivity contribution >= 4 is 16.9 Å². The Morgan fingerprint density at radius 2 is 1.88 bits per heavy atom. The van der Waals surface area contributed by atoms with Crippen molar-refractivity contribution in [2.45, 2.75) is 45.7 Å². The summed E-state index contributed by atoms with van der Waals surface area (Å²) in [7, 11) is 0. The molecule has 0 fully saturated rings. The first-order chi connectivity index (χ1) is 15.6. The van der Waals surface area contributed by atoms with Crippen LogP contribution in [-0.2, 0) is 13.1 Å². The third-order valence-electron chi connectivity index (χ3n) is 5.46. The van der Waals surface area contributed by atoms with Crippen LogP contribution in [0, 0.1) is 0 Å². The Labute approximate surface area is 188 Å². The van der Waals surface area contributed by atoms with E-state index in [4.69, 9.17) is 14.1 Å². The number of ether oxygens (including phenoxy) is 1. The summed E-state index contributed by atoms with van der Waals surface area (Å²) in [6.45, 7) is 6.17. The number of carbonyl (C=O) groups is 1. The molecule has 0 saturated carbocycles. The van der Waals surface area contributed by atoms with Crippen LogP contribution in [0.5, 0.6) is 5.75 Å². The SMILES string of the molecule is CC(C)c1ccccc1OCCCCn1c(CNC(=O)c2ccco2)nc2ccccc21. The van der Waals surface area contributed by atoms with E-state index in [1.165, 1.54) is 11.8 Å². The molecule has 1 amide bonds. The molecule has 166 valence electrons. The summed E-state index contributed by atoms with van der Waals surface area (Å²) in [5.74, 6) is 2.29. The van der Waals surface area contributed by atoms with Crippen molar-refractivity contribution in [2.24, 2.45) is 0 Å². The fourth-order valence-corrected chi connectivity index (χ4v) is 3.81. The Balaban J connectivity index is 1.37. The number of fused-ring (bicyclic) bond motifs is 1. The summed E-state index contributed by atoms with van der Waals surface area (Å²) < 4.78 is 13.4. The number of nitrogens with zero attached hydrogens (tertiary/aromatic N) is 2. The van der Waals surface area contributed by atoms with E-state index in [0.717, 1.165) is 42.0 Å². The molecular formula is C26H29N3O3. The predicted molar refractivity (Wildman–Crippen MR) is 125 cm³/mol. The number of hydrogen-bond acceptors (Lipinski definition) is 4. The molecule has 0 aliphatic rings. The number of benzene rings is 2. The minimum absolute atomic E-state index is 0.245. The van der Waals surface area contributed by atoms with Gasteiger partial charge in [-0.25, -0.2) is 4.98 Å². The van der Waals surface area contributed by atoms with Gasteiger partial charge in [-0.2, -0.15) is 0 Å². The first kappa shape index (κ1) is 21.7. The number of amides is 1. The van der Waals surface area contributed by atoms with E-state index in [-0.39, 0.29) is 5.91 Å². The number of aryl methyl sites for hydroxylation is 1. The quantitative estimate of drug-likeness (QED) is 0.335. The number of aromatic nitrogens is 2. The van der Waals surface area contributed by atoms with Gasteiger partial charge < -0.3 is 19.0 Å². The monoisotopic (exact) mass is 431 g/mol. The van der Waals surface area contributed by atoms with Gasteiger partial charge in [0.25, 0.3) is 5.91 Å². The summed E-state index contributed by atoms with van der Waals surface area (Å²) in [5.41, 5.74) is 3.24. The molecule has 0 aliphatic heterocycles. The standard InChI is InChI=1S/C26H29N3O3/c1-19(2)20-10-3-6-13-23(20)31-16-8-7-15-29-22-12-5-4-11-21(22)28-25(29)18-27-26(30)24-14-9-17-32-24/h3-6,9-14,17,19H,7-8,15-16,18H2,1-2H3,(H,27,30). The van der Waals surface area contributed by atoms with Crippen molar-refractivity contribution in [3.63, 3.8) is 0 Å². The molecule has 6 heteroatoms. The molecule has 2 aromatic heterocycles. The summed E-state index contributed by atoms with van der Waals surface area (Å²) in [6, 6.07) is 19.6. The second kappa shape index (κ2) is 10.2. The molecule has 4 aromatic rings. The van der Waals surface area contributed by atoms with Gasteiger partial charge in [0.2, 0.25) is 0 Å². The Morgan fingerprint density at radius 1 is 1.06 bits per heavy atom. The lowest BCUT2D eigenvalue weighted by Gasteiger charge is -2.14. The van der Waals surface area contributed by atoms with Gasteiger partial charge in [0.15, 0.2) is 5.76 Å². The second-order valence-electron chi connectivity index (χ2n) is 8.08. The van der Waals surface area contributed by atoms with Crippen molar-refractivity contribution < 1.29 is 13.9 Å². The lowest BCUT2D eigenvalue weighted by Crippen LogP contribution is -2.24. The van der Waals surface area contributed by atoms with Crippen molar-refractivity contribution in [1.82, 2.24) is 14.9 Å². The van der Waals surface area contributed by atoms with E-state index in [2.05, 4.69) is 41.9 Å². The fraction of sp³-hybridized carbons (Fsp3) is 0.308. The van der Waals surface area contributed by atoms with E-state index in [9.17, 15) is 4.79 Å². The molecule has 0 aliphatic carbocycles. The highest BCUT2D eigenvalue weighted by Crippen LogP contribution is 2.26. The highest BCUT2D eigenvalue weighted by molar-refractivity contribution is 5.91. The maximum atomic E-state index is 12.3. The molecule has 0 atom stereocenters. The highest BCUT2D eigenvalue weighted by atomic mass is 16.5. The average molecular weight is 432 g/mol. The summed E-state index contributed by atoms with van der Waals surface area (Å²) in [6.07, 6.45) is 3.37. The van der Waals surface area contributed by atoms with Crippen LogP contribution in [-0.4, -0.2) is 22.1 Å². The number of para-hydroxylation sites is 3. The van der Waals surface area contributed by atoms with E-state index in [1.54, 1.807) is 12.1 Å². The van der Waals surface area contributed by atoms with Crippen LogP contribution in [0.4, 0.5) is 0 Å². The van der Waals surface area contributed by atoms with Gasteiger partial charge in [0.1, 0.15) is 11.6 Å². The molecule has 2 aromatic carbocycles. The van der Waals surface area contributed by atoms with Crippen LogP contribution in [0.15, 0.2) is 71.3 Å². The third-order valence-corrected chi connectivity index (χ3v) is 5.46. The number of hydrogen-bond donors (Lipinski definition) is 1. The van der Waals surface area contributed by atoms with Gasteiger partial charge in [-0.1, -0.05) is 44.2 Å². The fourth-order valence-electron chi connectivity index (χ4n) is 3.81. The zero-order chi connectivity index (χ0) is 22.3. The Morgan fingerprint density at radius 3 is 2.69 bits per heavy atom. The molecule has 0 bridgehead atoms. The Kier molecular flexibility index (Phi) is 6.90. The average Bonchev–Trinajstić information content (AvgIpc) is 3.46. The van der Waals surface area contributed by atoms with Crippen molar-refractivity contribution in [2.75, 3.05) is 6.61 Å². The second-order valence-corrected chi connectivity index (χ2v) is 8.08. The van der Waals surface area contributed by atoms with Gasteiger partial charge in [-0.3, -0.25) is 4.79 Å². The number of imidazole rings is 1. The number of nitrogens with one attached hydrogen (secondary N) is 1. The zero-order valence-corrected chi connectivity index (χ0v) is 18.6. The van der Waals surface area contributed by atoms with Crippen LogP contribution in [0.2, 0.25) is 0 Å². The van der Waals surface area contributed by atoms with Crippen molar-refractivity contribution in [3.05, 3.63) is 84.1 Å². The van der Waals surface area contributed by atoms with Crippen molar-refractivity contribution in [1.29, 1.82) is 0 Å². The van der Waals surface area contributed by atoms with Crippen molar-refractivity contribution in [3.8, 4) is 5.75 Å². The van der Waals surface area contributed by atoms with Crippen LogP contribution in [0.1, 0.15) is 54.5 Å². The van der Waals surface area contributed by atoms with Crippen LogP contribution in [0.25, 0.3) is 11.0 Å². The van der Waals surface area contributed by atoms with Gasteiger partial charge in [-0.05, 0) is 54.7 Å². The first-order valence-corrected chi connectivity index (χ1v) is 11.1. The maximum absolute atomic E-state index is 12.3. The molecule has 0 saturated heterocycles. The first-order valence-electron chi connectivity index (χ1n) is 11.1. The van der Waals surface area contributed by atoms with E-state index in [0.29, 0.717) is 24.8 Å². The normalized spacial score (nSPS) is 11.2.